The van der Waals surface area contributed by atoms with Crippen molar-refractivity contribution in [3.63, 3.8) is 0 Å². The van der Waals surface area contributed by atoms with Gasteiger partial charge in [-0.05, 0) is 30.9 Å². The van der Waals surface area contributed by atoms with Crippen molar-refractivity contribution in [3.8, 4) is 0 Å². The van der Waals surface area contributed by atoms with E-state index in [0.717, 1.165) is 23.4 Å². The van der Waals surface area contributed by atoms with Crippen molar-refractivity contribution in [2.45, 2.75) is 40.0 Å². The molecule has 18 heavy (non-hydrogen) atoms. The minimum absolute atomic E-state index is 0.237. The molecule has 0 atom stereocenters. The quantitative estimate of drug-likeness (QED) is 0.818. The van der Waals surface area contributed by atoms with E-state index < -0.39 is 0 Å². The van der Waals surface area contributed by atoms with Gasteiger partial charge in [0, 0.05) is 18.1 Å². The van der Waals surface area contributed by atoms with Crippen LogP contribution in [-0.4, -0.2) is 25.6 Å². The molecular weight excluding hydrogens is 228 g/mol. The van der Waals surface area contributed by atoms with Crippen LogP contribution >= 0.6 is 0 Å². The Bertz CT molecular complexity index is 552. The molecule has 0 unspecified atom stereocenters. The molecule has 0 aliphatic rings. The van der Waals surface area contributed by atoms with Gasteiger partial charge in [0.1, 0.15) is 0 Å². The number of carbonyl (C=O) groups is 1. The van der Waals surface area contributed by atoms with E-state index in [1.54, 1.807) is 18.5 Å². The molecule has 0 fully saturated rings. The van der Waals surface area contributed by atoms with Crippen molar-refractivity contribution in [1.29, 1.82) is 0 Å². The summed E-state index contributed by atoms with van der Waals surface area (Å²) in [7, 11) is 0. The molecule has 2 heterocycles. The molecule has 0 aliphatic heterocycles. The average molecular weight is 246 g/mol. The summed E-state index contributed by atoms with van der Waals surface area (Å²) in [4.78, 5) is 12.2. The zero-order chi connectivity index (χ0) is 13.3. The summed E-state index contributed by atoms with van der Waals surface area (Å²) in [6, 6.07) is 1.49. The van der Waals surface area contributed by atoms with E-state index >= 15 is 0 Å². The summed E-state index contributed by atoms with van der Waals surface area (Å²) < 4.78 is 2.74. The summed E-state index contributed by atoms with van der Waals surface area (Å²) in [6.07, 6.45) is 4.09. The smallest absolute Gasteiger partial charge is 0.244 e. The Labute approximate surface area is 106 Å². The van der Waals surface area contributed by atoms with E-state index in [1.807, 2.05) is 6.92 Å². The summed E-state index contributed by atoms with van der Waals surface area (Å²) in [6.45, 7) is 8.19. The third-order valence-electron chi connectivity index (χ3n) is 3.05. The lowest BCUT2D eigenvalue weighted by atomic mass is 10.0. The molecule has 5 nitrogen and oxygen atoms in total. The fraction of sp³-hybridized carbons (Fsp3) is 0.462. The van der Waals surface area contributed by atoms with E-state index in [0.29, 0.717) is 5.92 Å². The molecule has 0 saturated heterocycles. The highest BCUT2D eigenvalue weighted by Gasteiger charge is 2.20. The predicted octanol–water partition coefficient (Wildman–Crippen LogP) is 2.59. The van der Waals surface area contributed by atoms with Crippen LogP contribution in [0.25, 0.3) is 0 Å². The molecule has 5 heteroatoms. The Kier molecular flexibility index (Phi) is 3.32. The first-order chi connectivity index (χ1) is 8.56. The highest BCUT2D eigenvalue weighted by Crippen LogP contribution is 2.22. The van der Waals surface area contributed by atoms with Crippen LogP contribution in [-0.2, 0) is 6.42 Å². The standard InChI is InChI=1S/C13H18N4O/c1-5-11-10(4)17(15-12(11)9(2)3)13(18)16-8-6-7-14-16/h6-9H,5H2,1-4H3. The Balaban J connectivity index is 2.49. The summed E-state index contributed by atoms with van der Waals surface area (Å²) in [5.41, 5.74) is 3.06. The van der Waals surface area contributed by atoms with Crippen molar-refractivity contribution < 1.29 is 4.79 Å². The van der Waals surface area contributed by atoms with Gasteiger partial charge in [-0.15, -0.1) is 0 Å². The van der Waals surface area contributed by atoms with Gasteiger partial charge in [-0.25, -0.2) is 4.79 Å². The number of hydrogen-bond donors (Lipinski definition) is 0. The van der Waals surface area contributed by atoms with E-state index in [9.17, 15) is 4.79 Å². The van der Waals surface area contributed by atoms with Crippen LogP contribution in [0.15, 0.2) is 18.5 Å². The average Bonchev–Trinajstić information content (AvgIpc) is 2.95. The molecule has 2 aromatic rings. The fourth-order valence-corrected chi connectivity index (χ4v) is 2.12. The molecule has 0 bridgehead atoms. The van der Waals surface area contributed by atoms with E-state index in [4.69, 9.17) is 0 Å². The Hall–Kier alpha value is -1.91. The van der Waals surface area contributed by atoms with Gasteiger partial charge in [0.15, 0.2) is 0 Å². The van der Waals surface area contributed by atoms with Crippen molar-refractivity contribution in [3.05, 3.63) is 35.4 Å². The van der Waals surface area contributed by atoms with Gasteiger partial charge in [-0.3, -0.25) is 0 Å². The number of hydrogen-bond acceptors (Lipinski definition) is 3. The van der Waals surface area contributed by atoms with Gasteiger partial charge >= 0.3 is 6.03 Å². The Morgan fingerprint density at radius 2 is 2.17 bits per heavy atom. The third-order valence-corrected chi connectivity index (χ3v) is 3.05. The van der Waals surface area contributed by atoms with Gasteiger partial charge in [0.25, 0.3) is 0 Å². The summed E-state index contributed by atoms with van der Waals surface area (Å²) in [5.74, 6) is 0.310. The van der Waals surface area contributed by atoms with Gasteiger partial charge in [0.05, 0.1) is 5.69 Å². The van der Waals surface area contributed by atoms with Crippen LogP contribution in [0.1, 0.15) is 43.6 Å². The van der Waals surface area contributed by atoms with Crippen LogP contribution in [0.3, 0.4) is 0 Å². The first-order valence-corrected chi connectivity index (χ1v) is 6.19. The van der Waals surface area contributed by atoms with Crippen molar-refractivity contribution in [1.82, 2.24) is 19.6 Å². The van der Waals surface area contributed by atoms with Crippen LogP contribution in [0.4, 0.5) is 4.79 Å². The largest absolute Gasteiger partial charge is 0.369 e. The highest BCUT2D eigenvalue weighted by molar-refractivity contribution is 5.78. The zero-order valence-electron chi connectivity index (χ0n) is 11.2. The Morgan fingerprint density at radius 3 is 2.61 bits per heavy atom. The molecule has 96 valence electrons. The Morgan fingerprint density at radius 1 is 1.44 bits per heavy atom. The minimum Gasteiger partial charge on any atom is -0.244 e. The number of aromatic nitrogens is 4. The fourth-order valence-electron chi connectivity index (χ4n) is 2.12. The first-order valence-electron chi connectivity index (χ1n) is 6.19. The molecule has 0 spiro atoms. The van der Waals surface area contributed by atoms with Crippen LogP contribution in [0, 0.1) is 6.92 Å². The molecule has 2 rings (SSSR count). The molecule has 0 aromatic carbocycles. The summed E-state index contributed by atoms with van der Waals surface area (Å²) in [5, 5.41) is 8.39. The summed E-state index contributed by atoms with van der Waals surface area (Å²) >= 11 is 0. The van der Waals surface area contributed by atoms with Crippen LogP contribution in [0.5, 0.6) is 0 Å². The van der Waals surface area contributed by atoms with Gasteiger partial charge in [-0.1, -0.05) is 20.8 Å². The van der Waals surface area contributed by atoms with Gasteiger partial charge < -0.3 is 0 Å². The topological polar surface area (TPSA) is 52.7 Å². The van der Waals surface area contributed by atoms with Gasteiger partial charge in [-0.2, -0.15) is 19.6 Å². The normalized spacial score (nSPS) is 11.2. The minimum atomic E-state index is -0.237. The number of nitrogens with zero attached hydrogens (tertiary/aromatic N) is 4. The molecule has 0 amide bonds. The lowest BCUT2D eigenvalue weighted by molar-refractivity contribution is 0.237. The molecule has 0 N–H and O–H groups in total. The van der Waals surface area contributed by atoms with E-state index in [2.05, 4.69) is 31.0 Å². The predicted molar refractivity (Wildman–Crippen MR) is 68.9 cm³/mol. The first kappa shape index (κ1) is 12.5. The van der Waals surface area contributed by atoms with Gasteiger partial charge in [0.2, 0.25) is 0 Å². The van der Waals surface area contributed by atoms with E-state index in [1.165, 1.54) is 9.36 Å². The second-order valence-corrected chi connectivity index (χ2v) is 4.60. The maximum Gasteiger partial charge on any atom is 0.369 e. The van der Waals surface area contributed by atoms with E-state index in [-0.39, 0.29) is 6.03 Å². The highest BCUT2D eigenvalue weighted by atomic mass is 16.2. The van der Waals surface area contributed by atoms with Crippen LogP contribution < -0.4 is 0 Å². The SMILES string of the molecule is CCc1c(C(C)C)nn(C(=O)n2cccn2)c1C. The maximum absolute atomic E-state index is 12.2. The molecule has 0 saturated carbocycles. The molecule has 0 radical (unpaired) electrons. The number of rotatable bonds is 2. The molecule has 2 aromatic heterocycles. The maximum atomic E-state index is 12.2. The lowest BCUT2D eigenvalue weighted by Gasteiger charge is -2.02. The number of carbonyl (C=O) groups excluding carboxylic acids is 1. The van der Waals surface area contributed by atoms with Crippen LogP contribution in [0.2, 0.25) is 0 Å². The van der Waals surface area contributed by atoms with Crippen molar-refractivity contribution >= 4 is 6.03 Å². The second kappa shape index (κ2) is 4.76. The monoisotopic (exact) mass is 246 g/mol. The van der Waals surface area contributed by atoms with Crippen molar-refractivity contribution in [2.75, 3.05) is 0 Å². The second-order valence-electron chi connectivity index (χ2n) is 4.60. The molecule has 0 aliphatic carbocycles. The third kappa shape index (κ3) is 1.96. The lowest BCUT2D eigenvalue weighted by Crippen LogP contribution is -2.22. The molecular formula is C13H18N4O. The zero-order valence-corrected chi connectivity index (χ0v) is 11.2. The van der Waals surface area contributed by atoms with Crippen molar-refractivity contribution in [2.24, 2.45) is 0 Å².